The molecule has 0 unspecified atom stereocenters. The van der Waals surface area contributed by atoms with Crippen LogP contribution in [-0.4, -0.2) is 44.5 Å². The van der Waals surface area contributed by atoms with Gasteiger partial charge >= 0.3 is 5.97 Å². The molecule has 1 aromatic carbocycles. The van der Waals surface area contributed by atoms with Gasteiger partial charge in [0, 0.05) is 24.4 Å². The summed E-state index contributed by atoms with van der Waals surface area (Å²) in [6, 6.07) is 9.56. The number of carbonyl (C=O) groups is 2. The number of esters is 1. The van der Waals surface area contributed by atoms with Crippen molar-refractivity contribution in [1.29, 1.82) is 0 Å². The van der Waals surface area contributed by atoms with Crippen molar-refractivity contribution in [3.8, 4) is 5.69 Å². The van der Waals surface area contributed by atoms with E-state index in [1.54, 1.807) is 28.9 Å². The van der Waals surface area contributed by atoms with Gasteiger partial charge in [0.05, 0.1) is 18.0 Å². The number of aromatic nitrogens is 4. The van der Waals surface area contributed by atoms with Crippen LogP contribution in [0.3, 0.4) is 0 Å². The van der Waals surface area contributed by atoms with Gasteiger partial charge in [-0.3, -0.25) is 14.8 Å². The molecule has 2 aromatic heterocycles. The van der Waals surface area contributed by atoms with Gasteiger partial charge in [0.15, 0.2) is 5.82 Å². The SMILES string of the molecule is CCOC(=O)c1cn(-c2ccc(C=Cc3ccn[nH]3)cc2)nc1N(C(=O)C1CCC(C)CC1)C(C)C. The van der Waals surface area contributed by atoms with Crippen molar-refractivity contribution in [1.82, 2.24) is 20.0 Å². The molecule has 2 heterocycles. The van der Waals surface area contributed by atoms with Crippen LogP contribution in [-0.2, 0) is 9.53 Å². The first-order valence-corrected chi connectivity index (χ1v) is 12.7. The summed E-state index contributed by atoms with van der Waals surface area (Å²) in [4.78, 5) is 28.2. The van der Waals surface area contributed by atoms with Gasteiger partial charge < -0.3 is 4.74 Å². The van der Waals surface area contributed by atoms with Crippen LogP contribution in [0, 0.1) is 11.8 Å². The molecule has 1 fully saturated rings. The van der Waals surface area contributed by atoms with E-state index in [0.29, 0.717) is 17.3 Å². The highest BCUT2D eigenvalue weighted by Gasteiger charge is 2.34. The van der Waals surface area contributed by atoms with Crippen LogP contribution in [0.2, 0.25) is 0 Å². The molecule has 3 aromatic rings. The molecule has 4 rings (SSSR count). The van der Waals surface area contributed by atoms with E-state index in [0.717, 1.165) is 42.6 Å². The molecule has 8 heteroatoms. The number of rotatable bonds is 8. The highest BCUT2D eigenvalue weighted by Crippen LogP contribution is 2.33. The molecular weight excluding hydrogens is 454 g/mol. The van der Waals surface area contributed by atoms with Crippen molar-refractivity contribution in [2.24, 2.45) is 11.8 Å². The second-order valence-electron chi connectivity index (χ2n) is 9.73. The Bertz CT molecular complexity index is 1190. The summed E-state index contributed by atoms with van der Waals surface area (Å²) < 4.78 is 6.97. The van der Waals surface area contributed by atoms with E-state index in [1.807, 2.05) is 56.3 Å². The number of nitrogens with one attached hydrogen (secondary N) is 1. The fraction of sp³-hybridized carbons (Fsp3) is 0.429. The van der Waals surface area contributed by atoms with Crippen LogP contribution in [0.15, 0.2) is 42.7 Å². The van der Waals surface area contributed by atoms with Crippen LogP contribution in [0.1, 0.15) is 75.0 Å². The monoisotopic (exact) mass is 489 g/mol. The summed E-state index contributed by atoms with van der Waals surface area (Å²) in [5, 5.41) is 11.6. The lowest BCUT2D eigenvalue weighted by atomic mass is 9.82. The zero-order valence-electron chi connectivity index (χ0n) is 21.5. The van der Waals surface area contributed by atoms with E-state index in [1.165, 1.54) is 0 Å². The third-order valence-corrected chi connectivity index (χ3v) is 6.67. The molecule has 1 aliphatic carbocycles. The van der Waals surface area contributed by atoms with Gasteiger partial charge in [-0.05, 0) is 82.2 Å². The van der Waals surface area contributed by atoms with Crippen molar-refractivity contribution in [3.63, 3.8) is 0 Å². The van der Waals surface area contributed by atoms with Crippen molar-refractivity contribution < 1.29 is 14.3 Å². The number of ether oxygens (including phenoxy) is 1. The Kier molecular flexibility index (Phi) is 8.03. The van der Waals surface area contributed by atoms with Crippen molar-refractivity contribution in [3.05, 3.63) is 59.5 Å². The van der Waals surface area contributed by atoms with E-state index in [-0.39, 0.29) is 24.5 Å². The first kappa shape index (κ1) is 25.4. The minimum absolute atomic E-state index is 0.0343. The number of hydrogen-bond donors (Lipinski definition) is 1. The zero-order chi connectivity index (χ0) is 25.7. The largest absolute Gasteiger partial charge is 0.462 e. The second kappa shape index (κ2) is 11.4. The minimum Gasteiger partial charge on any atom is -0.462 e. The van der Waals surface area contributed by atoms with Crippen LogP contribution in [0.4, 0.5) is 5.82 Å². The number of aromatic amines is 1. The first-order valence-electron chi connectivity index (χ1n) is 12.7. The average Bonchev–Trinajstić information content (AvgIpc) is 3.54. The molecule has 36 heavy (non-hydrogen) atoms. The van der Waals surface area contributed by atoms with E-state index in [4.69, 9.17) is 9.84 Å². The summed E-state index contributed by atoms with van der Waals surface area (Å²) in [6.45, 7) is 8.17. The summed E-state index contributed by atoms with van der Waals surface area (Å²) in [5.74, 6) is 0.508. The van der Waals surface area contributed by atoms with E-state index in [9.17, 15) is 9.59 Å². The van der Waals surface area contributed by atoms with E-state index < -0.39 is 5.97 Å². The first-order chi connectivity index (χ1) is 17.4. The summed E-state index contributed by atoms with van der Waals surface area (Å²) in [5.41, 5.74) is 3.01. The zero-order valence-corrected chi connectivity index (χ0v) is 21.5. The van der Waals surface area contributed by atoms with Crippen molar-refractivity contribution >= 4 is 29.8 Å². The highest BCUT2D eigenvalue weighted by molar-refractivity contribution is 6.02. The lowest BCUT2D eigenvalue weighted by Crippen LogP contribution is -2.43. The third-order valence-electron chi connectivity index (χ3n) is 6.67. The molecule has 0 spiro atoms. The topological polar surface area (TPSA) is 93.1 Å². The molecule has 1 amide bonds. The van der Waals surface area contributed by atoms with E-state index >= 15 is 0 Å². The maximum Gasteiger partial charge on any atom is 0.343 e. The molecule has 1 N–H and O–H groups in total. The predicted molar refractivity (Wildman–Crippen MR) is 141 cm³/mol. The summed E-state index contributed by atoms with van der Waals surface area (Å²) in [6.07, 6.45) is 11.1. The minimum atomic E-state index is -0.478. The summed E-state index contributed by atoms with van der Waals surface area (Å²) >= 11 is 0. The second-order valence-corrected chi connectivity index (χ2v) is 9.73. The third kappa shape index (κ3) is 5.75. The molecule has 8 nitrogen and oxygen atoms in total. The van der Waals surface area contributed by atoms with Gasteiger partial charge in [0.25, 0.3) is 0 Å². The Hall–Kier alpha value is -3.68. The fourth-order valence-corrected chi connectivity index (χ4v) is 4.62. The quantitative estimate of drug-likeness (QED) is 0.421. The van der Waals surface area contributed by atoms with Gasteiger partial charge in [-0.1, -0.05) is 25.1 Å². The van der Waals surface area contributed by atoms with Crippen molar-refractivity contribution in [2.45, 2.75) is 59.4 Å². The number of benzene rings is 1. The lowest BCUT2D eigenvalue weighted by Gasteiger charge is -2.32. The molecule has 0 atom stereocenters. The Morgan fingerprint density at radius 3 is 2.47 bits per heavy atom. The molecule has 190 valence electrons. The highest BCUT2D eigenvalue weighted by atomic mass is 16.5. The Morgan fingerprint density at radius 1 is 1.14 bits per heavy atom. The average molecular weight is 490 g/mol. The molecule has 0 aliphatic heterocycles. The maximum atomic E-state index is 13.6. The Balaban J connectivity index is 1.65. The van der Waals surface area contributed by atoms with Gasteiger partial charge in [0.1, 0.15) is 5.56 Å². The number of anilines is 1. The summed E-state index contributed by atoms with van der Waals surface area (Å²) in [7, 11) is 0. The van der Waals surface area contributed by atoms with Gasteiger partial charge in [-0.2, -0.15) is 5.10 Å². The number of amides is 1. The maximum absolute atomic E-state index is 13.6. The molecule has 0 radical (unpaired) electrons. The standard InChI is InChI=1S/C28H35N5O3/c1-5-36-28(35)25-18-32(24-14-9-21(10-15-24)8-13-23-16-17-29-30-23)31-26(25)33(19(2)3)27(34)22-11-6-20(4)7-12-22/h8-10,13-20,22H,5-7,11-12H2,1-4H3,(H,29,30). The number of nitrogens with zero attached hydrogens (tertiary/aromatic N) is 4. The normalized spacial score (nSPS) is 18.0. The van der Waals surface area contributed by atoms with Crippen molar-refractivity contribution in [2.75, 3.05) is 11.5 Å². The smallest absolute Gasteiger partial charge is 0.343 e. The molecule has 1 aliphatic rings. The van der Waals surface area contributed by atoms with E-state index in [2.05, 4.69) is 17.1 Å². The van der Waals surface area contributed by atoms with Gasteiger partial charge in [-0.25, -0.2) is 9.48 Å². The molecule has 1 saturated carbocycles. The fourth-order valence-electron chi connectivity index (χ4n) is 4.62. The number of carbonyl (C=O) groups excluding carboxylic acids is 2. The lowest BCUT2D eigenvalue weighted by molar-refractivity contribution is -0.124. The Labute approximate surface area is 212 Å². The Morgan fingerprint density at radius 2 is 1.86 bits per heavy atom. The molecule has 0 saturated heterocycles. The number of H-pyrrole nitrogens is 1. The molecular formula is C28H35N5O3. The number of hydrogen-bond acceptors (Lipinski definition) is 5. The molecule has 0 bridgehead atoms. The van der Waals surface area contributed by atoms with Crippen LogP contribution >= 0.6 is 0 Å². The van der Waals surface area contributed by atoms with Crippen LogP contribution < -0.4 is 4.90 Å². The van der Waals surface area contributed by atoms with Gasteiger partial charge in [-0.15, -0.1) is 5.10 Å². The van der Waals surface area contributed by atoms with Gasteiger partial charge in [0.2, 0.25) is 5.91 Å². The van der Waals surface area contributed by atoms with Crippen LogP contribution in [0.5, 0.6) is 0 Å². The predicted octanol–water partition coefficient (Wildman–Crippen LogP) is 5.51. The van der Waals surface area contributed by atoms with Crippen LogP contribution in [0.25, 0.3) is 17.8 Å².